The predicted molar refractivity (Wildman–Crippen MR) is 86.5 cm³/mol. The minimum Gasteiger partial charge on any atom is -0.508 e. The largest absolute Gasteiger partial charge is 0.508 e. The second-order valence-electron chi connectivity index (χ2n) is 6.45. The molecule has 1 fully saturated rings. The van der Waals surface area contributed by atoms with Crippen molar-refractivity contribution in [3.05, 3.63) is 59.2 Å². The maximum atomic E-state index is 11.5. The van der Waals surface area contributed by atoms with Crippen molar-refractivity contribution in [2.75, 3.05) is 0 Å². The van der Waals surface area contributed by atoms with Crippen LogP contribution in [0.2, 0.25) is 0 Å². The summed E-state index contributed by atoms with van der Waals surface area (Å²) < 4.78 is 6.27. The Morgan fingerprint density at radius 3 is 2.65 bits per heavy atom. The van der Waals surface area contributed by atoms with E-state index < -0.39 is 5.91 Å². The number of nitrogens with two attached hydrogens (primary N) is 1. The van der Waals surface area contributed by atoms with Gasteiger partial charge in [0.2, 0.25) is 5.91 Å². The fraction of sp³-hybridized carbons (Fsp3) is 0.316. The molecule has 1 saturated carbocycles. The van der Waals surface area contributed by atoms with E-state index >= 15 is 0 Å². The van der Waals surface area contributed by atoms with E-state index in [-0.39, 0.29) is 11.9 Å². The number of rotatable bonds is 2. The van der Waals surface area contributed by atoms with E-state index in [4.69, 9.17) is 10.5 Å². The molecule has 118 valence electrons. The van der Waals surface area contributed by atoms with Gasteiger partial charge in [-0.2, -0.15) is 0 Å². The third kappa shape index (κ3) is 2.34. The summed E-state index contributed by atoms with van der Waals surface area (Å²) in [6.45, 7) is 0. The molecule has 2 aliphatic rings. The molecule has 1 aliphatic carbocycles. The maximum Gasteiger partial charge on any atom is 0.248 e. The number of benzene rings is 2. The SMILES string of the molecule is NC(=O)c1ccc2c(c1)[C@H]1CCC[C@H]1[C@@H](c1ccc(O)cc1)O2. The number of carbonyl (C=O) groups excluding carboxylic acids is 1. The van der Waals surface area contributed by atoms with Gasteiger partial charge in [-0.1, -0.05) is 18.6 Å². The topological polar surface area (TPSA) is 72.6 Å². The molecule has 2 aromatic carbocycles. The molecular formula is C19H19NO3. The Morgan fingerprint density at radius 1 is 1.13 bits per heavy atom. The first-order valence-corrected chi connectivity index (χ1v) is 8.03. The van der Waals surface area contributed by atoms with Gasteiger partial charge in [-0.15, -0.1) is 0 Å². The third-order valence-corrected chi connectivity index (χ3v) is 5.13. The van der Waals surface area contributed by atoms with Crippen molar-refractivity contribution >= 4 is 5.91 Å². The molecule has 1 amide bonds. The molecule has 0 bridgehead atoms. The van der Waals surface area contributed by atoms with Gasteiger partial charge in [0.05, 0.1) is 0 Å². The number of hydrogen-bond acceptors (Lipinski definition) is 3. The Balaban J connectivity index is 1.76. The zero-order valence-corrected chi connectivity index (χ0v) is 12.7. The normalized spacial score (nSPS) is 25.3. The molecule has 0 radical (unpaired) electrons. The van der Waals surface area contributed by atoms with Crippen molar-refractivity contribution in [3.8, 4) is 11.5 Å². The van der Waals surface area contributed by atoms with Gasteiger partial charge in [-0.05, 0) is 60.2 Å². The van der Waals surface area contributed by atoms with Crippen molar-refractivity contribution in [2.24, 2.45) is 11.7 Å². The Morgan fingerprint density at radius 2 is 1.91 bits per heavy atom. The van der Waals surface area contributed by atoms with Crippen LogP contribution in [-0.4, -0.2) is 11.0 Å². The van der Waals surface area contributed by atoms with Gasteiger partial charge in [0.15, 0.2) is 0 Å². The zero-order chi connectivity index (χ0) is 16.0. The fourth-order valence-corrected chi connectivity index (χ4v) is 4.04. The summed E-state index contributed by atoms with van der Waals surface area (Å²) in [6, 6.07) is 12.7. The maximum absolute atomic E-state index is 11.5. The number of amides is 1. The number of aromatic hydroxyl groups is 1. The lowest BCUT2D eigenvalue weighted by atomic mass is 9.79. The highest BCUT2D eigenvalue weighted by Gasteiger charge is 2.42. The average molecular weight is 309 g/mol. The van der Waals surface area contributed by atoms with Gasteiger partial charge in [-0.25, -0.2) is 0 Å². The number of primary amides is 1. The second-order valence-corrected chi connectivity index (χ2v) is 6.45. The standard InChI is InChI=1S/C19H19NO3/c20-19(22)12-6-9-17-16(10-12)14-2-1-3-15(14)18(23-17)11-4-7-13(21)8-5-11/h4-10,14-15,18,21H,1-3H2,(H2,20,22)/t14-,15+,18+/m0/s1. The monoisotopic (exact) mass is 309 g/mol. The first-order valence-electron chi connectivity index (χ1n) is 8.03. The average Bonchev–Trinajstić information content (AvgIpc) is 3.04. The van der Waals surface area contributed by atoms with Crippen LogP contribution in [0.1, 0.15) is 52.8 Å². The van der Waals surface area contributed by atoms with Crippen LogP contribution >= 0.6 is 0 Å². The number of carbonyl (C=O) groups is 1. The van der Waals surface area contributed by atoms with Crippen LogP contribution in [0.5, 0.6) is 11.5 Å². The molecule has 1 heterocycles. The van der Waals surface area contributed by atoms with Crippen molar-refractivity contribution < 1.29 is 14.6 Å². The molecule has 0 aromatic heterocycles. The Labute approximate surface area is 134 Å². The van der Waals surface area contributed by atoms with Crippen LogP contribution in [0.4, 0.5) is 0 Å². The summed E-state index contributed by atoms with van der Waals surface area (Å²) in [5, 5.41) is 9.50. The Bertz CT molecular complexity index is 754. The number of phenolic OH excluding ortho intramolecular Hbond substituents is 1. The van der Waals surface area contributed by atoms with E-state index in [1.807, 2.05) is 24.3 Å². The number of hydrogen-bond donors (Lipinski definition) is 2. The number of phenols is 1. The van der Waals surface area contributed by atoms with Crippen LogP contribution in [0, 0.1) is 5.92 Å². The third-order valence-electron chi connectivity index (χ3n) is 5.13. The van der Waals surface area contributed by atoms with Crippen LogP contribution in [0.15, 0.2) is 42.5 Å². The Hall–Kier alpha value is -2.49. The fourth-order valence-electron chi connectivity index (χ4n) is 4.04. The number of fused-ring (bicyclic) bond motifs is 3. The summed E-state index contributed by atoms with van der Waals surface area (Å²) in [5.74, 6) is 1.50. The van der Waals surface area contributed by atoms with E-state index in [1.165, 1.54) is 0 Å². The molecular weight excluding hydrogens is 290 g/mol. The smallest absolute Gasteiger partial charge is 0.248 e. The predicted octanol–water partition coefficient (Wildman–Crippen LogP) is 3.51. The van der Waals surface area contributed by atoms with Gasteiger partial charge < -0.3 is 15.6 Å². The first-order chi connectivity index (χ1) is 11.1. The van der Waals surface area contributed by atoms with Crippen molar-refractivity contribution in [1.82, 2.24) is 0 Å². The molecule has 2 aromatic rings. The molecule has 4 heteroatoms. The quantitative estimate of drug-likeness (QED) is 0.891. The second kappa shape index (κ2) is 5.30. The number of ether oxygens (including phenoxy) is 1. The van der Waals surface area contributed by atoms with Gasteiger partial charge in [0, 0.05) is 11.5 Å². The minimum atomic E-state index is -0.400. The van der Waals surface area contributed by atoms with Crippen LogP contribution in [-0.2, 0) is 0 Å². The molecule has 0 unspecified atom stereocenters. The zero-order valence-electron chi connectivity index (χ0n) is 12.7. The van der Waals surface area contributed by atoms with Crippen LogP contribution < -0.4 is 10.5 Å². The van der Waals surface area contributed by atoms with E-state index in [0.717, 1.165) is 36.1 Å². The summed E-state index contributed by atoms with van der Waals surface area (Å²) in [7, 11) is 0. The molecule has 4 nitrogen and oxygen atoms in total. The highest BCUT2D eigenvalue weighted by molar-refractivity contribution is 5.93. The summed E-state index contributed by atoms with van der Waals surface area (Å²) in [6.07, 6.45) is 3.37. The molecule has 23 heavy (non-hydrogen) atoms. The lowest BCUT2D eigenvalue weighted by molar-refractivity contribution is 0.0993. The van der Waals surface area contributed by atoms with E-state index in [2.05, 4.69) is 0 Å². The summed E-state index contributed by atoms with van der Waals surface area (Å²) in [4.78, 5) is 11.5. The first kappa shape index (κ1) is 14.1. The molecule has 3 N–H and O–H groups in total. The van der Waals surface area contributed by atoms with Crippen molar-refractivity contribution in [2.45, 2.75) is 31.3 Å². The highest BCUT2D eigenvalue weighted by Crippen LogP contribution is 2.53. The van der Waals surface area contributed by atoms with E-state index in [9.17, 15) is 9.90 Å². The Kier molecular flexibility index (Phi) is 3.26. The molecule has 1 aliphatic heterocycles. The molecule has 4 rings (SSSR count). The van der Waals surface area contributed by atoms with Gasteiger partial charge in [0.25, 0.3) is 0 Å². The lowest BCUT2D eigenvalue weighted by Gasteiger charge is -2.36. The van der Waals surface area contributed by atoms with E-state index in [0.29, 0.717) is 17.4 Å². The molecule has 0 saturated heterocycles. The highest BCUT2D eigenvalue weighted by atomic mass is 16.5. The van der Waals surface area contributed by atoms with Crippen molar-refractivity contribution in [1.29, 1.82) is 0 Å². The minimum absolute atomic E-state index is 0.00460. The van der Waals surface area contributed by atoms with Gasteiger partial charge in [0.1, 0.15) is 17.6 Å². The lowest BCUT2D eigenvalue weighted by Crippen LogP contribution is -2.27. The molecule has 0 spiro atoms. The van der Waals surface area contributed by atoms with Gasteiger partial charge >= 0.3 is 0 Å². The van der Waals surface area contributed by atoms with Crippen LogP contribution in [0.3, 0.4) is 0 Å². The van der Waals surface area contributed by atoms with Crippen molar-refractivity contribution in [3.63, 3.8) is 0 Å². The molecule has 3 atom stereocenters. The summed E-state index contributed by atoms with van der Waals surface area (Å²) in [5.41, 5.74) is 8.15. The van der Waals surface area contributed by atoms with E-state index in [1.54, 1.807) is 18.2 Å². The van der Waals surface area contributed by atoms with Crippen LogP contribution in [0.25, 0.3) is 0 Å². The summed E-state index contributed by atoms with van der Waals surface area (Å²) >= 11 is 0. The van der Waals surface area contributed by atoms with Gasteiger partial charge in [-0.3, -0.25) is 4.79 Å².